The highest BCUT2D eigenvalue weighted by Crippen LogP contribution is 2.45. The van der Waals surface area contributed by atoms with Gasteiger partial charge in [0.15, 0.2) is 6.29 Å². The number of allylic oxidation sites excluding steroid dienone is 1. The Hall–Kier alpha value is -0.480. The minimum absolute atomic E-state index is 0.0599. The van der Waals surface area contributed by atoms with Gasteiger partial charge >= 0.3 is 0 Å². The van der Waals surface area contributed by atoms with E-state index < -0.39 is 6.08 Å². The molecule has 2 unspecified atom stereocenters. The predicted octanol–water partition coefficient (Wildman–Crippen LogP) is 10.3. The molecule has 0 amide bonds. The summed E-state index contributed by atoms with van der Waals surface area (Å²) < 4.78 is 36.1. The lowest BCUT2D eigenvalue weighted by molar-refractivity contribution is -0.179. The highest BCUT2D eigenvalue weighted by molar-refractivity contribution is 4.85. The topological polar surface area (TPSA) is 18.5 Å². The Morgan fingerprint density at radius 1 is 0.649 bits per heavy atom. The Balaban J connectivity index is 1.01. The molecule has 214 valence electrons. The summed E-state index contributed by atoms with van der Waals surface area (Å²) in [6.45, 7) is 3.75. The molecule has 1 aliphatic heterocycles. The van der Waals surface area contributed by atoms with Crippen molar-refractivity contribution in [3.05, 3.63) is 12.2 Å². The van der Waals surface area contributed by atoms with Crippen LogP contribution in [0.4, 0.5) is 8.78 Å². The van der Waals surface area contributed by atoms with Crippen molar-refractivity contribution in [2.45, 2.75) is 142 Å². The van der Waals surface area contributed by atoms with Gasteiger partial charge in [-0.1, -0.05) is 64.2 Å². The molecule has 2 nitrogen and oxygen atoms in total. The molecule has 3 aliphatic carbocycles. The van der Waals surface area contributed by atoms with Crippen LogP contribution >= 0.6 is 0 Å². The first-order valence-corrected chi connectivity index (χ1v) is 16.3. The first-order chi connectivity index (χ1) is 18.1. The van der Waals surface area contributed by atoms with Gasteiger partial charge in [0.2, 0.25) is 0 Å². The van der Waals surface area contributed by atoms with Crippen LogP contribution in [-0.2, 0) is 9.47 Å². The maximum atomic E-state index is 12.2. The van der Waals surface area contributed by atoms with Gasteiger partial charge < -0.3 is 9.47 Å². The molecule has 1 heterocycles. The molecule has 1 saturated heterocycles. The normalized spacial score (nSPS) is 37.3. The van der Waals surface area contributed by atoms with Gasteiger partial charge in [0, 0.05) is 6.61 Å². The smallest absolute Gasteiger partial charge is 0.266 e. The van der Waals surface area contributed by atoms with Crippen LogP contribution in [0.2, 0.25) is 0 Å². The van der Waals surface area contributed by atoms with Gasteiger partial charge in [-0.05, 0) is 119 Å². The molecular formula is C33H56F2O2. The van der Waals surface area contributed by atoms with E-state index in [1.807, 2.05) is 0 Å². The molecule has 0 aromatic rings. The summed E-state index contributed by atoms with van der Waals surface area (Å²) in [4.78, 5) is 0. The summed E-state index contributed by atoms with van der Waals surface area (Å²) in [7, 11) is 0. The van der Waals surface area contributed by atoms with Crippen LogP contribution in [0.25, 0.3) is 0 Å². The van der Waals surface area contributed by atoms with E-state index in [0.717, 1.165) is 67.6 Å². The Morgan fingerprint density at radius 2 is 1.11 bits per heavy atom. The molecule has 2 atom stereocenters. The average Bonchev–Trinajstić information content (AvgIpc) is 2.93. The van der Waals surface area contributed by atoms with Crippen molar-refractivity contribution in [2.24, 2.45) is 41.4 Å². The zero-order valence-corrected chi connectivity index (χ0v) is 23.8. The Bertz CT molecular complexity index is 631. The zero-order valence-electron chi connectivity index (χ0n) is 23.8. The van der Waals surface area contributed by atoms with Crippen molar-refractivity contribution >= 4 is 0 Å². The summed E-state index contributed by atoms with van der Waals surface area (Å²) >= 11 is 0. The quantitative estimate of drug-likeness (QED) is 0.237. The SMILES string of the molecule is CCOC1CCC(C2CCC(C3CCC(CCCCC4CCC(CCC=C(F)F)CC4)CC3)CC2)CO1. The van der Waals surface area contributed by atoms with E-state index in [9.17, 15) is 8.78 Å². The molecule has 0 aromatic heterocycles. The van der Waals surface area contributed by atoms with Crippen LogP contribution < -0.4 is 0 Å². The molecule has 4 rings (SSSR count). The molecule has 3 saturated carbocycles. The third-order valence-electron chi connectivity index (χ3n) is 11.0. The lowest BCUT2D eigenvalue weighted by Crippen LogP contribution is -2.34. The number of hydrogen-bond acceptors (Lipinski definition) is 2. The summed E-state index contributed by atoms with van der Waals surface area (Å²) in [6.07, 6.45) is 26.2. The predicted molar refractivity (Wildman–Crippen MR) is 148 cm³/mol. The molecule has 4 fully saturated rings. The highest BCUT2D eigenvalue weighted by atomic mass is 19.3. The molecule has 4 aliphatic rings. The molecule has 0 spiro atoms. The van der Waals surface area contributed by atoms with Crippen LogP contribution in [0.1, 0.15) is 135 Å². The zero-order chi connectivity index (χ0) is 25.9. The fraction of sp³-hybridized carbons (Fsp3) is 0.939. The maximum Gasteiger partial charge on any atom is 0.266 e. The van der Waals surface area contributed by atoms with Gasteiger partial charge in [0.05, 0.1) is 6.61 Å². The van der Waals surface area contributed by atoms with Crippen molar-refractivity contribution in [3.8, 4) is 0 Å². The summed E-state index contributed by atoms with van der Waals surface area (Å²) in [5.74, 6) is 6.26. The van der Waals surface area contributed by atoms with Crippen LogP contribution in [0.15, 0.2) is 12.2 Å². The minimum Gasteiger partial charge on any atom is -0.353 e. The second-order valence-electron chi connectivity index (χ2n) is 13.3. The van der Waals surface area contributed by atoms with Gasteiger partial charge in [0.1, 0.15) is 0 Å². The standard InChI is InChI=1S/C33H56F2O2/c1-2-36-33-23-22-31(24-37-33)30-20-18-29(19-21-30)28-16-14-26(15-17-28)7-4-3-6-25-10-12-27(13-11-25)8-5-9-32(34)35/h9,25-31,33H,2-8,10-24H2,1H3. The van der Waals surface area contributed by atoms with Gasteiger partial charge in [-0.3, -0.25) is 0 Å². The van der Waals surface area contributed by atoms with E-state index in [1.54, 1.807) is 0 Å². The number of halogens is 2. The third-order valence-corrected chi connectivity index (χ3v) is 11.0. The van der Waals surface area contributed by atoms with Crippen molar-refractivity contribution in [3.63, 3.8) is 0 Å². The van der Waals surface area contributed by atoms with Crippen molar-refractivity contribution in [1.82, 2.24) is 0 Å². The minimum atomic E-state index is -1.51. The molecular weight excluding hydrogens is 466 g/mol. The van der Waals surface area contributed by atoms with E-state index in [4.69, 9.17) is 9.47 Å². The van der Waals surface area contributed by atoms with E-state index in [-0.39, 0.29) is 6.29 Å². The summed E-state index contributed by atoms with van der Waals surface area (Å²) in [6, 6.07) is 0. The third kappa shape index (κ3) is 9.89. The lowest BCUT2D eigenvalue weighted by atomic mass is 9.66. The number of hydrogen-bond donors (Lipinski definition) is 0. The fourth-order valence-corrected chi connectivity index (χ4v) is 8.58. The van der Waals surface area contributed by atoms with Gasteiger partial charge in [-0.15, -0.1) is 0 Å². The summed E-state index contributed by atoms with van der Waals surface area (Å²) in [5.41, 5.74) is 0. The monoisotopic (exact) mass is 522 g/mol. The number of ether oxygens (including phenoxy) is 2. The Kier molecular flexibility index (Phi) is 12.7. The van der Waals surface area contributed by atoms with Crippen molar-refractivity contribution < 1.29 is 18.3 Å². The number of rotatable bonds is 12. The molecule has 0 aromatic carbocycles. The number of unbranched alkanes of at least 4 members (excludes halogenated alkanes) is 1. The Labute approximate surface area is 226 Å². The van der Waals surface area contributed by atoms with E-state index in [2.05, 4.69) is 6.92 Å². The molecule has 4 heteroatoms. The Morgan fingerprint density at radius 3 is 1.59 bits per heavy atom. The van der Waals surface area contributed by atoms with Crippen LogP contribution in [0.3, 0.4) is 0 Å². The second kappa shape index (κ2) is 15.9. The highest BCUT2D eigenvalue weighted by Gasteiger charge is 2.35. The maximum absolute atomic E-state index is 12.2. The van der Waals surface area contributed by atoms with Crippen molar-refractivity contribution in [2.75, 3.05) is 13.2 Å². The molecule has 0 N–H and O–H groups in total. The molecule has 0 radical (unpaired) electrons. The van der Waals surface area contributed by atoms with E-state index in [1.165, 1.54) is 109 Å². The lowest BCUT2D eigenvalue weighted by Gasteiger charge is -2.41. The molecule has 37 heavy (non-hydrogen) atoms. The van der Waals surface area contributed by atoms with Crippen LogP contribution in [0, 0.1) is 41.4 Å². The van der Waals surface area contributed by atoms with Crippen LogP contribution in [-0.4, -0.2) is 19.5 Å². The second-order valence-corrected chi connectivity index (χ2v) is 13.3. The fourth-order valence-electron chi connectivity index (χ4n) is 8.58. The van der Waals surface area contributed by atoms with Crippen molar-refractivity contribution in [1.29, 1.82) is 0 Å². The van der Waals surface area contributed by atoms with E-state index >= 15 is 0 Å². The molecule has 0 bridgehead atoms. The van der Waals surface area contributed by atoms with Gasteiger partial charge in [-0.25, -0.2) is 0 Å². The largest absolute Gasteiger partial charge is 0.353 e. The van der Waals surface area contributed by atoms with E-state index in [0.29, 0.717) is 12.3 Å². The first kappa shape index (κ1) is 29.5. The average molecular weight is 523 g/mol. The summed E-state index contributed by atoms with van der Waals surface area (Å²) in [5, 5.41) is 0. The van der Waals surface area contributed by atoms with Gasteiger partial charge in [-0.2, -0.15) is 8.78 Å². The van der Waals surface area contributed by atoms with Gasteiger partial charge in [0.25, 0.3) is 6.08 Å². The van der Waals surface area contributed by atoms with Crippen LogP contribution in [0.5, 0.6) is 0 Å². The first-order valence-electron chi connectivity index (χ1n) is 16.3.